The second-order valence-electron chi connectivity index (χ2n) is 3.71. The van der Waals surface area contributed by atoms with Crippen LogP contribution in [0.4, 0.5) is 0 Å². The summed E-state index contributed by atoms with van der Waals surface area (Å²) in [5.41, 5.74) is 0.486. The molecule has 0 spiro atoms. The van der Waals surface area contributed by atoms with Crippen LogP contribution in [0.1, 0.15) is 23.2 Å². The number of hydrogen-bond donors (Lipinski definition) is 1. The Morgan fingerprint density at radius 3 is 2.81 bits per heavy atom. The summed E-state index contributed by atoms with van der Waals surface area (Å²) in [6.07, 6.45) is -0.119. The normalized spacial score (nSPS) is 25.1. The first-order valence-electron chi connectivity index (χ1n) is 5.33. The zero-order chi connectivity index (χ0) is 11.4. The number of carbonyl (C=O) groups is 1. The lowest BCUT2D eigenvalue weighted by Crippen LogP contribution is -2.37. The summed E-state index contributed by atoms with van der Waals surface area (Å²) >= 11 is 0. The monoisotopic (exact) mass is 222 g/mol. The van der Waals surface area contributed by atoms with E-state index in [2.05, 4.69) is 0 Å². The fraction of sp³-hybridized carbons (Fsp3) is 0.417. The van der Waals surface area contributed by atoms with Crippen LogP contribution in [0.2, 0.25) is 0 Å². The van der Waals surface area contributed by atoms with Gasteiger partial charge in [-0.3, -0.25) is 0 Å². The highest BCUT2D eigenvalue weighted by molar-refractivity contribution is 5.89. The Labute approximate surface area is 93.8 Å². The first kappa shape index (κ1) is 11.1. The molecule has 16 heavy (non-hydrogen) atoms. The minimum atomic E-state index is -0.999. The zero-order valence-corrected chi connectivity index (χ0v) is 8.83. The van der Waals surface area contributed by atoms with Crippen molar-refractivity contribution in [2.24, 2.45) is 0 Å². The Kier molecular flexibility index (Phi) is 3.54. The summed E-state index contributed by atoms with van der Waals surface area (Å²) < 4.78 is 10.2. The Balaban J connectivity index is 1.96. The van der Waals surface area contributed by atoms with Crippen molar-refractivity contribution in [3.8, 4) is 0 Å². The molecule has 0 aliphatic carbocycles. The number of hydrogen-bond acceptors (Lipinski definition) is 4. The second-order valence-corrected chi connectivity index (χ2v) is 3.71. The molecule has 1 N–H and O–H groups in total. The highest BCUT2D eigenvalue weighted by atomic mass is 16.6. The molecule has 0 amide bonds. The van der Waals surface area contributed by atoms with E-state index in [1.54, 1.807) is 24.3 Å². The lowest BCUT2D eigenvalue weighted by Gasteiger charge is -2.27. The van der Waals surface area contributed by atoms with Crippen LogP contribution in [0, 0.1) is 0 Å². The van der Waals surface area contributed by atoms with E-state index in [1.807, 2.05) is 6.07 Å². The molecule has 0 saturated carbocycles. The van der Waals surface area contributed by atoms with Crippen molar-refractivity contribution >= 4 is 5.97 Å². The van der Waals surface area contributed by atoms with Gasteiger partial charge in [-0.15, -0.1) is 0 Å². The summed E-state index contributed by atoms with van der Waals surface area (Å²) in [5.74, 6) is -0.421. The minimum absolute atomic E-state index is 0.421. The first-order chi connectivity index (χ1) is 7.77. The standard InChI is InChI=1S/C12H14O4/c13-11(9-5-2-1-3-6-9)16-10-7-4-8-15-12(10)14/h1-3,5-6,10,12,14H,4,7-8H2/t10-,12?/m0/s1. The molecule has 2 atom stereocenters. The molecule has 0 aromatic heterocycles. The molecule has 4 heteroatoms. The van der Waals surface area contributed by atoms with Crippen molar-refractivity contribution in [2.45, 2.75) is 25.2 Å². The van der Waals surface area contributed by atoms with E-state index >= 15 is 0 Å². The van der Waals surface area contributed by atoms with Gasteiger partial charge >= 0.3 is 5.97 Å². The quantitative estimate of drug-likeness (QED) is 0.767. The maximum atomic E-state index is 11.7. The molecule has 1 fully saturated rings. The molecular weight excluding hydrogens is 208 g/mol. The third-order valence-corrected chi connectivity index (χ3v) is 2.51. The Hall–Kier alpha value is -1.39. The number of esters is 1. The molecule has 0 bridgehead atoms. The molecule has 1 heterocycles. The van der Waals surface area contributed by atoms with Gasteiger partial charge in [0.15, 0.2) is 12.4 Å². The van der Waals surface area contributed by atoms with Crippen LogP contribution in [0.3, 0.4) is 0 Å². The van der Waals surface area contributed by atoms with Gasteiger partial charge in [-0.05, 0) is 25.0 Å². The van der Waals surface area contributed by atoms with E-state index in [0.29, 0.717) is 18.6 Å². The van der Waals surface area contributed by atoms with Crippen LogP contribution in [0.15, 0.2) is 30.3 Å². The number of aliphatic hydroxyl groups is 1. The lowest BCUT2D eigenvalue weighted by molar-refractivity contribution is -0.186. The van der Waals surface area contributed by atoms with Gasteiger partial charge in [-0.2, -0.15) is 0 Å². The van der Waals surface area contributed by atoms with Crippen LogP contribution in [0.25, 0.3) is 0 Å². The molecular formula is C12H14O4. The predicted octanol–water partition coefficient (Wildman–Crippen LogP) is 1.34. The topological polar surface area (TPSA) is 55.8 Å². The van der Waals surface area contributed by atoms with Crippen LogP contribution in [0.5, 0.6) is 0 Å². The first-order valence-corrected chi connectivity index (χ1v) is 5.33. The molecule has 1 aliphatic heterocycles. The van der Waals surface area contributed by atoms with E-state index in [9.17, 15) is 9.90 Å². The van der Waals surface area contributed by atoms with Crippen molar-refractivity contribution in [1.82, 2.24) is 0 Å². The van der Waals surface area contributed by atoms with E-state index in [4.69, 9.17) is 9.47 Å². The highest BCUT2D eigenvalue weighted by Gasteiger charge is 2.27. The predicted molar refractivity (Wildman–Crippen MR) is 56.8 cm³/mol. The minimum Gasteiger partial charge on any atom is -0.453 e. The molecule has 1 saturated heterocycles. The summed E-state index contributed by atoms with van der Waals surface area (Å²) in [6.45, 7) is 0.514. The molecule has 2 rings (SSSR count). The van der Waals surface area contributed by atoms with Gasteiger partial charge in [0.1, 0.15) is 0 Å². The Morgan fingerprint density at radius 2 is 2.12 bits per heavy atom. The summed E-state index contributed by atoms with van der Waals surface area (Å²) in [5, 5.41) is 9.47. The van der Waals surface area contributed by atoms with Gasteiger partial charge in [0.2, 0.25) is 0 Å². The average molecular weight is 222 g/mol. The molecule has 86 valence electrons. The van der Waals surface area contributed by atoms with Crippen LogP contribution >= 0.6 is 0 Å². The van der Waals surface area contributed by atoms with E-state index in [-0.39, 0.29) is 0 Å². The van der Waals surface area contributed by atoms with Crippen LogP contribution in [-0.2, 0) is 9.47 Å². The number of rotatable bonds is 2. The third-order valence-electron chi connectivity index (χ3n) is 2.51. The van der Waals surface area contributed by atoms with Crippen LogP contribution in [-0.4, -0.2) is 30.1 Å². The van der Waals surface area contributed by atoms with Gasteiger partial charge in [0, 0.05) is 0 Å². The van der Waals surface area contributed by atoms with Gasteiger partial charge in [-0.1, -0.05) is 18.2 Å². The van der Waals surface area contributed by atoms with E-state index < -0.39 is 18.4 Å². The second kappa shape index (κ2) is 5.09. The molecule has 1 aromatic carbocycles. The highest BCUT2D eigenvalue weighted by Crippen LogP contribution is 2.17. The van der Waals surface area contributed by atoms with Crippen molar-refractivity contribution in [3.05, 3.63) is 35.9 Å². The van der Waals surface area contributed by atoms with Crippen molar-refractivity contribution in [1.29, 1.82) is 0 Å². The fourth-order valence-corrected chi connectivity index (χ4v) is 1.64. The zero-order valence-electron chi connectivity index (χ0n) is 8.83. The van der Waals surface area contributed by atoms with Gasteiger partial charge < -0.3 is 14.6 Å². The molecule has 1 aromatic rings. The fourth-order valence-electron chi connectivity index (χ4n) is 1.64. The molecule has 1 aliphatic rings. The summed E-state index contributed by atoms with van der Waals surface area (Å²) in [7, 11) is 0. The maximum Gasteiger partial charge on any atom is 0.338 e. The van der Waals surface area contributed by atoms with Gasteiger partial charge in [0.05, 0.1) is 12.2 Å². The van der Waals surface area contributed by atoms with E-state index in [0.717, 1.165) is 6.42 Å². The largest absolute Gasteiger partial charge is 0.453 e. The van der Waals surface area contributed by atoms with Crippen molar-refractivity contribution < 1.29 is 19.4 Å². The molecule has 0 radical (unpaired) electrons. The third kappa shape index (κ3) is 2.59. The van der Waals surface area contributed by atoms with Crippen LogP contribution < -0.4 is 0 Å². The Bertz CT molecular complexity index is 349. The number of benzene rings is 1. The smallest absolute Gasteiger partial charge is 0.338 e. The maximum absolute atomic E-state index is 11.7. The number of aliphatic hydroxyl groups excluding tert-OH is 1. The molecule has 4 nitrogen and oxygen atoms in total. The summed E-state index contributed by atoms with van der Waals surface area (Å²) in [4.78, 5) is 11.7. The number of carbonyl (C=O) groups excluding carboxylic acids is 1. The summed E-state index contributed by atoms with van der Waals surface area (Å²) in [6, 6.07) is 8.72. The average Bonchev–Trinajstić information content (AvgIpc) is 2.33. The number of ether oxygens (including phenoxy) is 2. The van der Waals surface area contributed by atoms with Gasteiger partial charge in [-0.25, -0.2) is 4.79 Å². The molecule has 1 unspecified atom stereocenters. The van der Waals surface area contributed by atoms with Crippen molar-refractivity contribution in [2.75, 3.05) is 6.61 Å². The van der Waals surface area contributed by atoms with E-state index in [1.165, 1.54) is 0 Å². The van der Waals surface area contributed by atoms with Gasteiger partial charge in [0.25, 0.3) is 0 Å². The SMILES string of the molecule is O=C(O[C@H]1CCCOC1O)c1ccccc1. The Morgan fingerprint density at radius 1 is 1.38 bits per heavy atom. The lowest BCUT2D eigenvalue weighted by atomic mass is 10.1. The van der Waals surface area contributed by atoms with Crippen molar-refractivity contribution in [3.63, 3.8) is 0 Å².